The molecule has 0 aromatic carbocycles. The second kappa shape index (κ2) is 15.7. The molecule has 0 radical (unpaired) electrons. The van der Waals surface area contributed by atoms with Gasteiger partial charge in [-0.2, -0.15) is 0 Å². The maximum atomic E-state index is 5.75. The van der Waals surface area contributed by atoms with Gasteiger partial charge in [-0.3, -0.25) is 0 Å². The largest absolute Gasteiger partial charge is 0.357 e. The van der Waals surface area contributed by atoms with Crippen molar-refractivity contribution in [2.75, 3.05) is 26.4 Å². The van der Waals surface area contributed by atoms with Crippen molar-refractivity contribution in [3.63, 3.8) is 0 Å². The van der Waals surface area contributed by atoms with Gasteiger partial charge in [0.05, 0.1) is 0 Å². The van der Waals surface area contributed by atoms with Crippen molar-refractivity contribution >= 4 is 19.0 Å². The van der Waals surface area contributed by atoms with E-state index in [1.807, 2.05) is 27.7 Å². The van der Waals surface area contributed by atoms with Gasteiger partial charge in [0.1, 0.15) is 30.9 Å². The molecule has 0 aromatic rings. The molecule has 0 bridgehead atoms. The molecule has 0 saturated carbocycles. The molecular formula is C16H39NO4Si2. The quantitative estimate of drug-likeness (QED) is 0.328. The fourth-order valence-corrected chi connectivity index (χ4v) is 6.97. The van der Waals surface area contributed by atoms with Crippen molar-refractivity contribution in [1.29, 1.82) is 0 Å². The van der Waals surface area contributed by atoms with Gasteiger partial charge in [0.15, 0.2) is 0 Å². The van der Waals surface area contributed by atoms with Crippen molar-refractivity contribution in [2.45, 2.75) is 77.5 Å². The Morgan fingerprint density at radius 3 is 1.13 bits per heavy atom. The molecule has 0 heterocycles. The molecule has 0 amide bonds. The summed E-state index contributed by atoms with van der Waals surface area (Å²) in [6.45, 7) is 15.5. The molecule has 0 aromatic heterocycles. The Bertz CT molecular complexity index is 226. The van der Waals surface area contributed by atoms with E-state index in [-0.39, 0.29) is 11.8 Å². The summed E-state index contributed by atoms with van der Waals surface area (Å²) >= 11 is 0. The summed E-state index contributed by atoms with van der Waals surface area (Å²) in [5, 5.41) is 3.85. The maximum absolute atomic E-state index is 5.75. The first-order chi connectivity index (χ1) is 11.1. The molecule has 0 aliphatic carbocycles. The van der Waals surface area contributed by atoms with Gasteiger partial charge < -0.3 is 24.3 Å². The third-order valence-electron chi connectivity index (χ3n) is 3.82. The van der Waals surface area contributed by atoms with Gasteiger partial charge >= 0.3 is 0 Å². The summed E-state index contributed by atoms with van der Waals surface area (Å²) in [6, 6.07) is 0. The van der Waals surface area contributed by atoms with E-state index in [1.54, 1.807) is 0 Å². The molecule has 0 aliphatic heterocycles. The fraction of sp³-hybridized carbons (Fsp3) is 1.00. The normalized spacial score (nSPS) is 15.7. The Hall–Kier alpha value is 0.234. The van der Waals surface area contributed by atoms with Crippen LogP contribution < -0.4 is 5.32 Å². The lowest BCUT2D eigenvalue weighted by molar-refractivity contribution is -0.0842. The van der Waals surface area contributed by atoms with Crippen molar-refractivity contribution < 1.29 is 18.9 Å². The first kappa shape index (κ1) is 23.2. The van der Waals surface area contributed by atoms with E-state index < -0.39 is 19.0 Å². The van der Waals surface area contributed by atoms with Crippen LogP contribution in [-0.4, -0.2) is 68.6 Å². The summed E-state index contributed by atoms with van der Waals surface area (Å²) in [6.07, 6.45) is 2.25. The second-order valence-electron chi connectivity index (χ2n) is 5.53. The van der Waals surface area contributed by atoms with Crippen LogP contribution in [0.1, 0.15) is 54.4 Å². The molecule has 23 heavy (non-hydrogen) atoms. The fourth-order valence-electron chi connectivity index (χ4n) is 2.62. The molecule has 2 unspecified atom stereocenters. The Balaban J connectivity index is 4.51. The Morgan fingerprint density at radius 1 is 0.609 bits per heavy atom. The number of rotatable bonds is 16. The van der Waals surface area contributed by atoms with Gasteiger partial charge in [-0.1, -0.05) is 13.8 Å². The maximum Gasteiger partial charge on any atom is 0.136 e. The van der Waals surface area contributed by atoms with Gasteiger partial charge in [-0.15, -0.1) is 0 Å². The summed E-state index contributed by atoms with van der Waals surface area (Å²) in [4.78, 5) is 0. The molecule has 2 atom stereocenters. The van der Waals surface area contributed by atoms with Crippen LogP contribution in [0.3, 0.4) is 0 Å². The van der Waals surface area contributed by atoms with E-state index in [1.165, 1.54) is 0 Å². The molecule has 5 nitrogen and oxygen atoms in total. The predicted molar refractivity (Wildman–Crippen MR) is 102 cm³/mol. The highest BCUT2D eigenvalue weighted by Crippen LogP contribution is 2.04. The minimum atomic E-state index is -0.507. The Morgan fingerprint density at radius 2 is 0.913 bits per heavy atom. The second-order valence-corrected chi connectivity index (χ2v) is 9.78. The first-order valence-electron chi connectivity index (χ1n) is 9.37. The van der Waals surface area contributed by atoms with Crippen LogP contribution in [0.4, 0.5) is 0 Å². The highest BCUT2D eigenvalue weighted by molar-refractivity contribution is 6.41. The third kappa shape index (κ3) is 11.4. The third-order valence-corrected chi connectivity index (χ3v) is 8.30. The average Bonchev–Trinajstić information content (AvgIpc) is 2.54. The van der Waals surface area contributed by atoms with E-state index in [2.05, 4.69) is 19.2 Å². The molecule has 0 fully saturated rings. The van der Waals surface area contributed by atoms with Crippen LogP contribution in [0.25, 0.3) is 0 Å². The first-order valence-corrected chi connectivity index (χ1v) is 12.6. The highest BCUT2D eigenvalue weighted by Gasteiger charge is 2.22. The topological polar surface area (TPSA) is 49.0 Å². The smallest absolute Gasteiger partial charge is 0.136 e. The minimum absolute atomic E-state index is 0.0243. The van der Waals surface area contributed by atoms with E-state index in [0.29, 0.717) is 11.3 Å². The lowest BCUT2D eigenvalue weighted by atomic mass is 10.4. The van der Waals surface area contributed by atoms with Gasteiger partial charge in [0.25, 0.3) is 0 Å². The zero-order valence-electron chi connectivity index (χ0n) is 16.1. The zero-order chi connectivity index (χ0) is 17.5. The number of nitrogens with one attached hydrogen (secondary N) is 1. The summed E-state index contributed by atoms with van der Waals surface area (Å²) < 4.78 is 23.0. The summed E-state index contributed by atoms with van der Waals surface area (Å²) in [7, 11) is -1.01. The molecule has 1 N–H and O–H groups in total. The van der Waals surface area contributed by atoms with Crippen LogP contribution in [-0.2, 0) is 18.9 Å². The number of ether oxygens (including phenoxy) is 4. The van der Waals surface area contributed by atoms with E-state index in [0.717, 1.165) is 39.3 Å². The van der Waals surface area contributed by atoms with Crippen LogP contribution in [0.15, 0.2) is 0 Å². The SMILES string of the molecule is CCOC(OCC)[SiH2]C(CC)NC(CC)[SiH2]C(OCC)OCC. The van der Waals surface area contributed by atoms with E-state index >= 15 is 0 Å². The van der Waals surface area contributed by atoms with Gasteiger partial charge in [0, 0.05) is 26.4 Å². The van der Waals surface area contributed by atoms with Gasteiger partial charge in [0.2, 0.25) is 0 Å². The summed E-state index contributed by atoms with van der Waals surface area (Å²) in [5.74, 6) is 0.0485. The Labute approximate surface area is 147 Å². The molecular weight excluding hydrogens is 326 g/mol. The number of hydrogen-bond donors (Lipinski definition) is 1. The molecule has 0 aliphatic rings. The van der Waals surface area contributed by atoms with Crippen molar-refractivity contribution in [3.05, 3.63) is 0 Å². The average molecular weight is 366 g/mol. The minimum Gasteiger partial charge on any atom is -0.357 e. The molecule has 0 saturated heterocycles. The zero-order valence-corrected chi connectivity index (χ0v) is 18.9. The number of hydrogen-bond acceptors (Lipinski definition) is 5. The van der Waals surface area contributed by atoms with Gasteiger partial charge in [-0.25, -0.2) is 0 Å². The van der Waals surface area contributed by atoms with Crippen LogP contribution in [0, 0.1) is 0 Å². The summed E-state index contributed by atoms with van der Waals surface area (Å²) in [5.41, 5.74) is 1.08. The van der Waals surface area contributed by atoms with Crippen LogP contribution in [0.2, 0.25) is 0 Å². The lowest BCUT2D eigenvalue weighted by Gasteiger charge is -2.29. The molecule has 0 rings (SSSR count). The van der Waals surface area contributed by atoms with Crippen molar-refractivity contribution in [2.24, 2.45) is 0 Å². The molecule has 140 valence electrons. The monoisotopic (exact) mass is 365 g/mol. The molecule has 0 spiro atoms. The van der Waals surface area contributed by atoms with E-state index in [9.17, 15) is 0 Å². The van der Waals surface area contributed by atoms with Crippen LogP contribution >= 0.6 is 0 Å². The van der Waals surface area contributed by atoms with E-state index in [4.69, 9.17) is 18.9 Å². The lowest BCUT2D eigenvalue weighted by Crippen LogP contribution is -2.51. The Kier molecular flexibility index (Phi) is 15.9. The predicted octanol–water partition coefficient (Wildman–Crippen LogP) is 1.10. The highest BCUT2D eigenvalue weighted by atomic mass is 28.2. The van der Waals surface area contributed by atoms with Gasteiger partial charge in [-0.05, 0) is 51.9 Å². The van der Waals surface area contributed by atoms with Crippen molar-refractivity contribution in [3.8, 4) is 0 Å². The van der Waals surface area contributed by atoms with Crippen molar-refractivity contribution in [1.82, 2.24) is 5.32 Å². The van der Waals surface area contributed by atoms with Crippen LogP contribution in [0.5, 0.6) is 0 Å². The standard InChI is InChI=1S/C16H39NO4Si2/c1-7-13(22-15(18-9-3)19-10-4)17-14(8-2)23-16(20-11-5)21-12-6/h13-17H,7-12,22-23H2,1-6H3. The molecule has 7 heteroatoms.